The number of amides is 2. The topological polar surface area (TPSA) is 140 Å². The van der Waals surface area contributed by atoms with E-state index in [4.69, 9.17) is 11.5 Å². The Morgan fingerprint density at radius 2 is 2.00 bits per heavy atom. The number of anilines is 1. The molecule has 25 heavy (non-hydrogen) atoms. The van der Waals surface area contributed by atoms with Crippen LogP contribution in [0.3, 0.4) is 0 Å². The van der Waals surface area contributed by atoms with E-state index in [1.807, 2.05) is 6.92 Å². The molecule has 2 fully saturated rings. The Balaban J connectivity index is 1.80. The van der Waals surface area contributed by atoms with Crippen LogP contribution in [0.25, 0.3) is 0 Å². The van der Waals surface area contributed by atoms with Crippen LogP contribution in [0.5, 0.6) is 0 Å². The Labute approximate surface area is 146 Å². The van der Waals surface area contributed by atoms with Crippen molar-refractivity contribution >= 4 is 27.5 Å². The Bertz CT molecular complexity index is 819. The van der Waals surface area contributed by atoms with Crippen molar-refractivity contribution in [3.05, 3.63) is 18.0 Å². The first kappa shape index (κ1) is 17.6. The lowest BCUT2D eigenvalue weighted by Gasteiger charge is -2.37. The maximum atomic E-state index is 12.7. The monoisotopic (exact) mass is 367 g/mol. The summed E-state index contributed by atoms with van der Waals surface area (Å²) >= 11 is 0. The SMILES string of the molecule is C[C@H]1CCCN1S(=O)(=O)c1cnc(C(=O)N2CC(C(N)=O)C2)c(N)c1. The number of nitrogen functional groups attached to an aromatic ring is 1. The normalized spacial score (nSPS) is 22.0. The minimum absolute atomic E-state index is 0.000417. The van der Waals surface area contributed by atoms with E-state index in [0.717, 1.165) is 19.0 Å². The summed E-state index contributed by atoms with van der Waals surface area (Å²) in [5.41, 5.74) is 11.0. The Morgan fingerprint density at radius 3 is 2.52 bits per heavy atom. The quantitative estimate of drug-likeness (QED) is 0.728. The van der Waals surface area contributed by atoms with Crippen molar-refractivity contribution in [2.75, 3.05) is 25.4 Å². The van der Waals surface area contributed by atoms with Gasteiger partial charge in [-0.15, -0.1) is 0 Å². The van der Waals surface area contributed by atoms with Crippen molar-refractivity contribution in [1.82, 2.24) is 14.2 Å². The third-order valence-electron chi connectivity index (χ3n) is 4.76. The fourth-order valence-corrected chi connectivity index (χ4v) is 4.84. The second-order valence-corrected chi connectivity index (χ2v) is 8.42. The Morgan fingerprint density at radius 1 is 1.32 bits per heavy atom. The van der Waals surface area contributed by atoms with Gasteiger partial charge in [0, 0.05) is 31.9 Å². The van der Waals surface area contributed by atoms with E-state index in [0.29, 0.717) is 6.54 Å². The highest BCUT2D eigenvalue weighted by atomic mass is 32.2. The number of likely N-dealkylation sites (tertiary alicyclic amines) is 1. The predicted molar refractivity (Wildman–Crippen MR) is 89.8 cm³/mol. The molecule has 136 valence electrons. The Hall–Kier alpha value is -2.20. The molecule has 0 aliphatic carbocycles. The van der Waals surface area contributed by atoms with Gasteiger partial charge in [-0.05, 0) is 25.8 Å². The zero-order chi connectivity index (χ0) is 18.4. The molecule has 1 aromatic heterocycles. The minimum atomic E-state index is -3.68. The average Bonchev–Trinajstić information content (AvgIpc) is 2.91. The van der Waals surface area contributed by atoms with E-state index < -0.39 is 21.8 Å². The third-order valence-corrected chi connectivity index (χ3v) is 6.74. The summed E-state index contributed by atoms with van der Waals surface area (Å²) in [4.78, 5) is 28.8. The van der Waals surface area contributed by atoms with Crippen molar-refractivity contribution in [3.8, 4) is 0 Å². The van der Waals surface area contributed by atoms with E-state index in [2.05, 4.69) is 4.98 Å². The molecule has 3 heterocycles. The lowest BCUT2D eigenvalue weighted by Crippen LogP contribution is -2.55. The zero-order valence-electron chi connectivity index (χ0n) is 13.9. The molecule has 0 unspecified atom stereocenters. The molecule has 0 aromatic carbocycles. The van der Waals surface area contributed by atoms with Crippen LogP contribution in [-0.2, 0) is 14.8 Å². The van der Waals surface area contributed by atoms with Gasteiger partial charge in [0.25, 0.3) is 5.91 Å². The second-order valence-electron chi connectivity index (χ2n) is 6.53. The summed E-state index contributed by atoms with van der Waals surface area (Å²) in [5.74, 6) is -1.25. The number of carbonyl (C=O) groups excluding carboxylic acids is 2. The highest BCUT2D eigenvalue weighted by molar-refractivity contribution is 7.89. The maximum absolute atomic E-state index is 12.7. The lowest BCUT2D eigenvalue weighted by atomic mass is 9.99. The molecule has 0 spiro atoms. The van der Waals surface area contributed by atoms with Crippen LogP contribution in [0, 0.1) is 5.92 Å². The molecule has 0 saturated carbocycles. The van der Waals surface area contributed by atoms with Crippen LogP contribution in [0.15, 0.2) is 17.2 Å². The van der Waals surface area contributed by atoms with Crippen LogP contribution in [0.4, 0.5) is 5.69 Å². The van der Waals surface area contributed by atoms with Gasteiger partial charge in [0.05, 0.1) is 11.6 Å². The fourth-order valence-electron chi connectivity index (χ4n) is 3.15. The summed E-state index contributed by atoms with van der Waals surface area (Å²) in [7, 11) is -3.68. The molecular weight excluding hydrogens is 346 g/mol. The molecule has 2 aliphatic rings. The number of primary amides is 1. The van der Waals surface area contributed by atoms with E-state index >= 15 is 0 Å². The van der Waals surface area contributed by atoms with Gasteiger partial charge in [-0.3, -0.25) is 9.59 Å². The molecule has 9 nitrogen and oxygen atoms in total. The first-order chi connectivity index (χ1) is 11.7. The molecule has 1 aromatic rings. The molecule has 10 heteroatoms. The van der Waals surface area contributed by atoms with Gasteiger partial charge < -0.3 is 16.4 Å². The fraction of sp³-hybridized carbons (Fsp3) is 0.533. The highest BCUT2D eigenvalue weighted by Gasteiger charge is 2.37. The predicted octanol–water partition coefficient (Wildman–Crippen LogP) is -0.606. The summed E-state index contributed by atoms with van der Waals surface area (Å²) in [6.07, 6.45) is 2.79. The molecule has 2 aliphatic heterocycles. The summed E-state index contributed by atoms with van der Waals surface area (Å²) in [5, 5.41) is 0. The number of nitrogens with zero attached hydrogens (tertiary/aromatic N) is 3. The molecule has 2 saturated heterocycles. The number of pyridine rings is 1. The average molecular weight is 367 g/mol. The van der Waals surface area contributed by atoms with Gasteiger partial charge in [-0.1, -0.05) is 0 Å². The van der Waals surface area contributed by atoms with Crippen molar-refractivity contribution < 1.29 is 18.0 Å². The van der Waals surface area contributed by atoms with Gasteiger partial charge in [0.15, 0.2) is 5.69 Å². The smallest absolute Gasteiger partial charge is 0.274 e. The van der Waals surface area contributed by atoms with E-state index in [9.17, 15) is 18.0 Å². The van der Waals surface area contributed by atoms with Crippen LogP contribution in [-0.4, -0.2) is 60.1 Å². The molecule has 0 bridgehead atoms. The van der Waals surface area contributed by atoms with Crippen molar-refractivity contribution in [2.24, 2.45) is 11.7 Å². The number of rotatable bonds is 4. The number of carbonyl (C=O) groups is 2. The molecule has 1 atom stereocenters. The lowest BCUT2D eigenvalue weighted by molar-refractivity contribution is -0.125. The molecular formula is C15H21N5O4S. The number of sulfonamides is 1. The second kappa shape index (κ2) is 6.26. The molecule has 3 rings (SSSR count). The van der Waals surface area contributed by atoms with Crippen LogP contribution < -0.4 is 11.5 Å². The van der Waals surface area contributed by atoms with Gasteiger partial charge in [-0.2, -0.15) is 4.31 Å². The van der Waals surface area contributed by atoms with Crippen molar-refractivity contribution in [1.29, 1.82) is 0 Å². The number of hydrogen-bond acceptors (Lipinski definition) is 6. The van der Waals surface area contributed by atoms with Crippen LogP contribution in [0.2, 0.25) is 0 Å². The van der Waals surface area contributed by atoms with E-state index in [1.165, 1.54) is 15.3 Å². The molecule has 0 radical (unpaired) electrons. The number of nitrogens with two attached hydrogens (primary N) is 2. The zero-order valence-corrected chi connectivity index (χ0v) is 14.7. The molecule has 4 N–H and O–H groups in total. The first-order valence-corrected chi connectivity index (χ1v) is 9.51. The van der Waals surface area contributed by atoms with E-state index in [1.54, 1.807) is 0 Å². The van der Waals surface area contributed by atoms with Gasteiger partial charge >= 0.3 is 0 Å². The van der Waals surface area contributed by atoms with Gasteiger partial charge in [-0.25, -0.2) is 13.4 Å². The standard InChI is InChI=1S/C15H21N5O4S/c1-9-3-2-4-20(9)25(23,24)11-5-12(16)13(18-6-11)15(22)19-7-10(8-19)14(17)21/h5-6,9-10H,2-4,7-8,16H2,1H3,(H2,17,21)/t9-/m0/s1. The van der Waals surface area contributed by atoms with Crippen LogP contribution in [0.1, 0.15) is 30.3 Å². The van der Waals surface area contributed by atoms with Gasteiger partial charge in [0.1, 0.15) is 4.90 Å². The van der Waals surface area contributed by atoms with Gasteiger partial charge in [0.2, 0.25) is 15.9 Å². The number of aromatic nitrogens is 1. The Kier molecular flexibility index (Phi) is 4.41. The third kappa shape index (κ3) is 3.07. The largest absolute Gasteiger partial charge is 0.397 e. The summed E-state index contributed by atoms with van der Waals surface area (Å²) in [6.45, 7) is 2.77. The maximum Gasteiger partial charge on any atom is 0.274 e. The summed E-state index contributed by atoms with van der Waals surface area (Å²) in [6, 6.07) is 1.20. The first-order valence-electron chi connectivity index (χ1n) is 8.07. The minimum Gasteiger partial charge on any atom is -0.397 e. The number of hydrogen-bond donors (Lipinski definition) is 2. The van der Waals surface area contributed by atoms with Crippen LogP contribution >= 0.6 is 0 Å². The summed E-state index contributed by atoms with van der Waals surface area (Å²) < 4.78 is 26.8. The highest BCUT2D eigenvalue weighted by Crippen LogP contribution is 2.27. The van der Waals surface area contributed by atoms with Crippen molar-refractivity contribution in [3.63, 3.8) is 0 Å². The molecule has 2 amide bonds. The van der Waals surface area contributed by atoms with E-state index in [-0.39, 0.29) is 41.3 Å². The van der Waals surface area contributed by atoms with Crippen molar-refractivity contribution in [2.45, 2.75) is 30.7 Å².